The number of ether oxygens (including phenoxy) is 1. The molecule has 0 aliphatic carbocycles. The maximum atomic E-state index is 10.4. The SMILES string of the molecule is CC(C)=CCNc1ncnc2ncn(C3OC(CO)C(O)C(O)C3O)c12. The average molecular weight is 365 g/mol. The topological polar surface area (TPSA) is 146 Å². The lowest BCUT2D eigenvalue weighted by Crippen LogP contribution is -2.56. The molecule has 1 aliphatic heterocycles. The molecule has 0 radical (unpaired) electrons. The van der Waals surface area contributed by atoms with Gasteiger partial charge >= 0.3 is 0 Å². The smallest absolute Gasteiger partial charge is 0.183 e. The van der Waals surface area contributed by atoms with E-state index in [9.17, 15) is 20.4 Å². The minimum atomic E-state index is -1.48. The minimum Gasteiger partial charge on any atom is -0.394 e. The summed E-state index contributed by atoms with van der Waals surface area (Å²) in [6.45, 7) is 4.00. The minimum absolute atomic E-state index is 0.386. The summed E-state index contributed by atoms with van der Waals surface area (Å²) in [7, 11) is 0. The Morgan fingerprint density at radius 1 is 1.19 bits per heavy atom. The molecule has 1 fully saturated rings. The second-order valence-electron chi connectivity index (χ2n) is 6.43. The molecule has 2 aromatic heterocycles. The van der Waals surface area contributed by atoms with Crippen LogP contribution in [0, 0.1) is 0 Å². The first-order chi connectivity index (χ1) is 12.4. The lowest BCUT2D eigenvalue weighted by molar-refractivity contribution is -0.250. The molecule has 142 valence electrons. The summed E-state index contributed by atoms with van der Waals surface area (Å²) < 4.78 is 7.09. The van der Waals surface area contributed by atoms with Gasteiger partial charge in [0.25, 0.3) is 0 Å². The van der Waals surface area contributed by atoms with Gasteiger partial charge in [0.05, 0.1) is 6.61 Å². The van der Waals surface area contributed by atoms with Crippen molar-refractivity contribution < 1.29 is 25.2 Å². The van der Waals surface area contributed by atoms with E-state index in [1.165, 1.54) is 17.2 Å². The van der Waals surface area contributed by atoms with E-state index in [-0.39, 0.29) is 0 Å². The first kappa shape index (κ1) is 18.7. The second kappa shape index (κ2) is 7.64. The van der Waals surface area contributed by atoms with Gasteiger partial charge in [-0.05, 0) is 13.8 Å². The molecule has 26 heavy (non-hydrogen) atoms. The summed E-state index contributed by atoms with van der Waals surface area (Å²) in [5, 5.41) is 42.9. The molecule has 0 spiro atoms. The Hall–Kier alpha value is -2.11. The van der Waals surface area contributed by atoms with Crippen LogP contribution in [0.3, 0.4) is 0 Å². The highest BCUT2D eigenvalue weighted by atomic mass is 16.6. The highest BCUT2D eigenvalue weighted by molar-refractivity contribution is 5.83. The van der Waals surface area contributed by atoms with Crippen LogP contribution in [0.25, 0.3) is 11.2 Å². The number of hydrogen-bond acceptors (Lipinski definition) is 9. The first-order valence-corrected chi connectivity index (χ1v) is 8.29. The van der Waals surface area contributed by atoms with Crippen molar-refractivity contribution in [3.63, 3.8) is 0 Å². The normalized spacial score (nSPS) is 28.9. The van der Waals surface area contributed by atoms with E-state index in [1.807, 2.05) is 19.9 Å². The fraction of sp³-hybridized carbons (Fsp3) is 0.562. The van der Waals surface area contributed by atoms with E-state index in [2.05, 4.69) is 20.3 Å². The zero-order chi connectivity index (χ0) is 18.8. The molecule has 1 saturated heterocycles. The Morgan fingerprint density at radius 2 is 1.96 bits per heavy atom. The van der Waals surface area contributed by atoms with Gasteiger partial charge in [-0.3, -0.25) is 4.57 Å². The molecule has 0 saturated carbocycles. The summed E-state index contributed by atoms with van der Waals surface area (Å²) in [5.74, 6) is 0.488. The monoisotopic (exact) mass is 365 g/mol. The third kappa shape index (κ3) is 3.41. The second-order valence-corrected chi connectivity index (χ2v) is 6.43. The molecule has 5 N–H and O–H groups in total. The van der Waals surface area contributed by atoms with Crippen molar-refractivity contribution in [1.29, 1.82) is 0 Å². The summed E-state index contributed by atoms with van der Waals surface area (Å²) in [6, 6.07) is 0. The highest BCUT2D eigenvalue weighted by Gasteiger charge is 2.44. The van der Waals surface area contributed by atoms with E-state index in [0.29, 0.717) is 23.5 Å². The Bertz CT molecular complexity index is 788. The van der Waals surface area contributed by atoms with E-state index in [0.717, 1.165) is 5.57 Å². The number of nitrogens with zero attached hydrogens (tertiary/aromatic N) is 4. The number of nitrogens with one attached hydrogen (secondary N) is 1. The van der Waals surface area contributed by atoms with Gasteiger partial charge in [-0.15, -0.1) is 0 Å². The molecule has 2 aromatic rings. The van der Waals surface area contributed by atoms with Crippen molar-refractivity contribution in [2.75, 3.05) is 18.5 Å². The van der Waals surface area contributed by atoms with Crippen LogP contribution in [0.5, 0.6) is 0 Å². The van der Waals surface area contributed by atoms with Gasteiger partial charge < -0.3 is 30.5 Å². The van der Waals surface area contributed by atoms with Gasteiger partial charge in [0.1, 0.15) is 42.6 Å². The van der Waals surface area contributed by atoms with E-state index in [1.54, 1.807) is 0 Å². The zero-order valence-electron chi connectivity index (χ0n) is 14.5. The quantitative estimate of drug-likeness (QED) is 0.429. The van der Waals surface area contributed by atoms with Crippen LogP contribution in [-0.4, -0.2) is 77.5 Å². The first-order valence-electron chi connectivity index (χ1n) is 8.29. The van der Waals surface area contributed by atoms with Crippen molar-refractivity contribution >= 4 is 17.0 Å². The van der Waals surface area contributed by atoms with E-state index >= 15 is 0 Å². The third-order valence-corrected chi connectivity index (χ3v) is 4.29. The van der Waals surface area contributed by atoms with Gasteiger partial charge in [-0.2, -0.15) is 0 Å². The number of fused-ring (bicyclic) bond motifs is 1. The number of aliphatic hydroxyl groups is 4. The van der Waals surface area contributed by atoms with Crippen molar-refractivity contribution in [2.45, 2.75) is 44.5 Å². The Labute approximate surface area is 149 Å². The van der Waals surface area contributed by atoms with Crippen LogP contribution in [0.4, 0.5) is 5.82 Å². The van der Waals surface area contributed by atoms with Gasteiger partial charge in [0.2, 0.25) is 0 Å². The third-order valence-electron chi connectivity index (χ3n) is 4.29. The molecule has 0 aromatic carbocycles. The van der Waals surface area contributed by atoms with E-state index in [4.69, 9.17) is 4.74 Å². The summed E-state index contributed by atoms with van der Waals surface area (Å²) in [5.41, 5.74) is 2.01. The fourth-order valence-corrected chi connectivity index (χ4v) is 2.86. The molecule has 1 aliphatic rings. The highest BCUT2D eigenvalue weighted by Crippen LogP contribution is 2.32. The van der Waals surface area contributed by atoms with Gasteiger partial charge in [0.15, 0.2) is 17.7 Å². The maximum Gasteiger partial charge on any atom is 0.183 e. The van der Waals surface area contributed by atoms with E-state index < -0.39 is 37.3 Å². The molecule has 10 heteroatoms. The van der Waals surface area contributed by atoms with Crippen molar-refractivity contribution in [3.8, 4) is 0 Å². The van der Waals surface area contributed by atoms with Crippen LogP contribution >= 0.6 is 0 Å². The lowest BCUT2D eigenvalue weighted by Gasteiger charge is -2.40. The Kier molecular flexibility index (Phi) is 5.49. The number of aliphatic hydroxyl groups excluding tert-OH is 4. The number of hydrogen-bond donors (Lipinski definition) is 5. The number of allylic oxidation sites excluding steroid dienone is 1. The maximum absolute atomic E-state index is 10.4. The number of aromatic nitrogens is 4. The number of imidazole rings is 1. The van der Waals surface area contributed by atoms with Crippen LogP contribution < -0.4 is 5.32 Å². The molecule has 3 heterocycles. The molecule has 5 atom stereocenters. The number of anilines is 1. The average Bonchev–Trinajstić information content (AvgIpc) is 3.05. The molecule has 5 unspecified atom stereocenters. The fourth-order valence-electron chi connectivity index (χ4n) is 2.86. The van der Waals surface area contributed by atoms with Crippen molar-refractivity contribution in [1.82, 2.24) is 19.5 Å². The molecule has 0 amide bonds. The number of rotatable bonds is 5. The summed E-state index contributed by atoms with van der Waals surface area (Å²) in [4.78, 5) is 12.5. The van der Waals surface area contributed by atoms with Crippen LogP contribution in [-0.2, 0) is 4.74 Å². The van der Waals surface area contributed by atoms with Crippen molar-refractivity contribution in [3.05, 3.63) is 24.3 Å². The largest absolute Gasteiger partial charge is 0.394 e. The molecule has 3 rings (SSSR count). The Morgan fingerprint density at radius 3 is 2.65 bits per heavy atom. The lowest BCUT2D eigenvalue weighted by atomic mass is 9.98. The van der Waals surface area contributed by atoms with Gasteiger partial charge in [0, 0.05) is 6.54 Å². The van der Waals surface area contributed by atoms with Crippen molar-refractivity contribution in [2.24, 2.45) is 0 Å². The Balaban J connectivity index is 1.98. The van der Waals surface area contributed by atoms with Crippen LogP contribution in [0.1, 0.15) is 20.1 Å². The predicted molar refractivity (Wildman–Crippen MR) is 92.3 cm³/mol. The standard InChI is InChI=1S/C16H23N5O5/c1-8(2)3-4-17-14-10-15(19-6-18-14)20-7-21(10)16-13(25)12(24)11(23)9(5-22)26-16/h3,6-7,9,11-13,16,22-25H,4-5H2,1-2H3,(H,17,18,19). The molecule has 0 bridgehead atoms. The summed E-state index contributed by atoms with van der Waals surface area (Å²) in [6.07, 6.45) is -1.62. The van der Waals surface area contributed by atoms with Gasteiger partial charge in [-0.25, -0.2) is 15.0 Å². The predicted octanol–water partition coefficient (Wildman–Crippen LogP) is -0.823. The summed E-state index contributed by atoms with van der Waals surface area (Å²) >= 11 is 0. The molecule has 10 nitrogen and oxygen atoms in total. The van der Waals surface area contributed by atoms with Crippen LogP contribution in [0.2, 0.25) is 0 Å². The van der Waals surface area contributed by atoms with Crippen LogP contribution in [0.15, 0.2) is 24.3 Å². The van der Waals surface area contributed by atoms with Gasteiger partial charge in [-0.1, -0.05) is 11.6 Å². The molecular formula is C16H23N5O5. The zero-order valence-corrected chi connectivity index (χ0v) is 14.5. The molecular weight excluding hydrogens is 342 g/mol.